The van der Waals surface area contributed by atoms with Crippen LogP contribution in [0.5, 0.6) is 0 Å². The summed E-state index contributed by atoms with van der Waals surface area (Å²) >= 11 is 0. The van der Waals surface area contributed by atoms with Gasteiger partial charge in [-0.3, -0.25) is 0 Å². The molecule has 0 aliphatic rings. The van der Waals surface area contributed by atoms with Gasteiger partial charge in [0.1, 0.15) is 0 Å². The van der Waals surface area contributed by atoms with Crippen LogP contribution in [0.4, 0.5) is 0 Å². The van der Waals surface area contributed by atoms with Crippen molar-refractivity contribution in [3.63, 3.8) is 0 Å². The van der Waals surface area contributed by atoms with Gasteiger partial charge >= 0.3 is 0 Å². The van der Waals surface area contributed by atoms with Gasteiger partial charge in [-0.2, -0.15) is 0 Å². The van der Waals surface area contributed by atoms with Crippen LogP contribution in [0.1, 0.15) is 59.3 Å². The maximum absolute atomic E-state index is 5.54. The Hall–Kier alpha value is -0.0800. The third kappa shape index (κ3) is 13.9. The fourth-order valence-electron chi connectivity index (χ4n) is 1.45. The molecule has 0 aromatic heterocycles. The van der Waals surface area contributed by atoms with E-state index in [2.05, 4.69) is 26.1 Å². The molecule has 0 saturated carbocycles. The summed E-state index contributed by atoms with van der Waals surface area (Å²) in [6.07, 6.45) is 7.59. The van der Waals surface area contributed by atoms with Crippen LogP contribution in [0.25, 0.3) is 0 Å². The quantitative estimate of drug-likeness (QED) is 0.534. The van der Waals surface area contributed by atoms with Crippen molar-refractivity contribution in [2.24, 2.45) is 0 Å². The maximum Gasteiger partial charge on any atom is 0.0466 e. The molecule has 0 spiro atoms. The summed E-state index contributed by atoms with van der Waals surface area (Å²) in [5, 5.41) is 3.42. The second-order valence-corrected chi connectivity index (χ2v) is 4.49. The highest BCUT2D eigenvalue weighted by Crippen LogP contribution is 1.98. The Morgan fingerprint density at radius 1 is 0.933 bits per heavy atom. The monoisotopic (exact) mass is 215 g/mol. The van der Waals surface area contributed by atoms with E-state index >= 15 is 0 Å². The highest BCUT2D eigenvalue weighted by Gasteiger charge is 1.93. The first-order chi connectivity index (χ1) is 7.27. The van der Waals surface area contributed by atoms with E-state index in [-0.39, 0.29) is 0 Å². The lowest BCUT2D eigenvalue weighted by molar-refractivity contribution is 0.126. The minimum Gasteiger partial charge on any atom is -0.381 e. The van der Waals surface area contributed by atoms with E-state index < -0.39 is 0 Å². The number of hydrogen-bond donors (Lipinski definition) is 1. The van der Waals surface area contributed by atoms with Crippen molar-refractivity contribution in [1.29, 1.82) is 0 Å². The Kier molecular flexibility index (Phi) is 11.9. The van der Waals surface area contributed by atoms with Gasteiger partial charge in [0, 0.05) is 19.3 Å². The third-order valence-electron chi connectivity index (χ3n) is 2.41. The Bertz CT molecular complexity index is 115. The topological polar surface area (TPSA) is 21.3 Å². The highest BCUT2D eigenvalue weighted by molar-refractivity contribution is 4.52. The van der Waals surface area contributed by atoms with E-state index in [0.29, 0.717) is 6.04 Å². The van der Waals surface area contributed by atoms with Crippen LogP contribution < -0.4 is 5.32 Å². The predicted molar refractivity (Wildman–Crippen MR) is 67.3 cm³/mol. The number of ether oxygens (including phenoxy) is 1. The number of unbranched alkanes of at least 4 members (excludes halogenated alkanes) is 4. The van der Waals surface area contributed by atoms with E-state index in [0.717, 1.165) is 19.8 Å². The lowest BCUT2D eigenvalue weighted by atomic mass is 10.2. The standard InChI is InChI=1S/C13H29NO/c1-4-5-8-11-15-12-9-6-7-10-14-13(2)3/h13-14H,4-12H2,1-3H3. The molecule has 0 radical (unpaired) electrons. The van der Waals surface area contributed by atoms with Crippen molar-refractivity contribution >= 4 is 0 Å². The van der Waals surface area contributed by atoms with Crippen molar-refractivity contribution in [1.82, 2.24) is 5.32 Å². The molecule has 0 bridgehead atoms. The molecule has 0 aromatic rings. The average Bonchev–Trinajstić information content (AvgIpc) is 2.20. The molecule has 0 atom stereocenters. The molecule has 0 saturated heterocycles. The summed E-state index contributed by atoms with van der Waals surface area (Å²) in [6, 6.07) is 0.621. The van der Waals surface area contributed by atoms with Crippen molar-refractivity contribution < 1.29 is 4.74 Å². The first-order valence-corrected chi connectivity index (χ1v) is 6.58. The van der Waals surface area contributed by atoms with Gasteiger partial charge < -0.3 is 10.1 Å². The maximum atomic E-state index is 5.54. The van der Waals surface area contributed by atoms with Gasteiger partial charge in [0.05, 0.1) is 0 Å². The van der Waals surface area contributed by atoms with Crippen molar-refractivity contribution in [3.05, 3.63) is 0 Å². The van der Waals surface area contributed by atoms with Crippen LogP contribution in [-0.2, 0) is 4.74 Å². The van der Waals surface area contributed by atoms with Crippen LogP contribution in [0.15, 0.2) is 0 Å². The van der Waals surface area contributed by atoms with E-state index in [1.54, 1.807) is 0 Å². The Balaban J connectivity index is 2.87. The molecule has 2 heteroatoms. The summed E-state index contributed by atoms with van der Waals surface area (Å²) in [6.45, 7) is 9.66. The first-order valence-electron chi connectivity index (χ1n) is 6.58. The lowest BCUT2D eigenvalue weighted by Crippen LogP contribution is -2.23. The largest absolute Gasteiger partial charge is 0.381 e. The molecule has 92 valence electrons. The van der Waals surface area contributed by atoms with Gasteiger partial charge in [0.2, 0.25) is 0 Å². The minimum atomic E-state index is 0.621. The summed E-state index contributed by atoms with van der Waals surface area (Å²) < 4.78 is 5.54. The van der Waals surface area contributed by atoms with Gasteiger partial charge in [0.15, 0.2) is 0 Å². The molecule has 0 aromatic carbocycles. The third-order valence-corrected chi connectivity index (χ3v) is 2.41. The van der Waals surface area contributed by atoms with Gasteiger partial charge in [-0.25, -0.2) is 0 Å². The normalized spacial score (nSPS) is 11.2. The summed E-state index contributed by atoms with van der Waals surface area (Å²) in [7, 11) is 0. The van der Waals surface area contributed by atoms with E-state index in [9.17, 15) is 0 Å². The molecule has 15 heavy (non-hydrogen) atoms. The van der Waals surface area contributed by atoms with Crippen LogP contribution in [0, 0.1) is 0 Å². The fourth-order valence-corrected chi connectivity index (χ4v) is 1.45. The molecule has 1 N–H and O–H groups in total. The number of rotatable bonds is 11. The molecule has 0 aliphatic carbocycles. The summed E-state index contributed by atoms with van der Waals surface area (Å²) in [5.41, 5.74) is 0. The molecule has 2 nitrogen and oxygen atoms in total. The molecule has 0 amide bonds. The van der Waals surface area contributed by atoms with E-state index in [1.165, 1.54) is 38.5 Å². The average molecular weight is 215 g/mol. The number of hydrogen-bond acceptors (Lipinski definition) is 2. The fraction of sp³-hybridized carbons (Fsp3) is 1.00. The van der Waals surface area contributed by atoms with Crippen molar-refractivity contribution in [3.8, 4) is 0 Å². The lowest BCUT2D eigenvalue weighted by Gasteiger charge is -2.07. The summed E-state index contributed by atoms with van der Waals surface area (Å²) in [4.78, 5) is 0. The molecular weight excluding hydrogens is 186 g/mol. The Labute approximate surface area is 95.8 Å². The van der Waals surface area contributed by atoms with Crippen LogP contribution >= 0.6 is 0 Å². The molecule has 0 heterocycles. The second-order valence-electron chi connectivity index (χ2n) is 4.49. The SMILES string of the molecule is CCCCCOCCCCCNC(C)C. The Morgan fingerprint density at radius 2 is 1.60 bits per heavy atom. The van der Waals surface area contributed by atoms with Crippen molar-refractivity contribution in [2.45, 2.75) is 65.3 Å². The van der Waals surface area contributed by atoms with Crippen LogP contribution in [0.3, 0.4) is 0 Å². The second kappa shape index (κ2) is 12.0. The highest BCUT2D eigenvalue weighted by atomic mass is 16.5. The Morgan fingerprint density at radius 3 is 2.20 bits per heavy atom. The zero-order valence-corrected chi connectivity index (χ0v) is 10.8. The van der Waals surface area contributed by atoms with E-state index in [1.807, 2.05) is 0 Å². The summed E-state index contributed by atoms with van der Waals surface area (Å²) in [5.74, 6) is 0. The molecule has 0 unspecified atom stereocenters. The smallest absolute Gasteiger partial charge is 0.0466 e. The van der Waals surface area contributed by atoms with Crippen LogP contribution in [-0.4, -0.2) is 25.8 Å². The van der Waals surface area contributed by atoms with Crippen molar-refractivity contribution in [2.75, 3.05) is 19.8 Å². The zero-order chi connectivity index (χ0) is 11.4. The minimum absolute atomic E-state index is 0.621. The molecule has 0 rings (SSSR count). The van der Waals surface area contributed by atoms with E-state index in [4.69, 9.17) is 4.74 Å². The molecule has 0 fully saturated rings. The van der Waals surface area contributed by atoms with Gasteiger partial charge in [-0.1, -0.05) is 33.6 Å². The zero-order valence-electron chi connectivity index (χ0n) is 10.8. The van der Waals surface area contributed by atoms with Gasteiger partial charge in [-0.15, -0.1) is 0 Å². The van der Waals surface area contributed by atoms with Gasteiger partial charge in [-0.05, 0) is 32.2 Å². The first kappa shape index (κ1) is 14.9. The van der Waals surface area contributed by atoms with Crippen LogP contribution in [0.2, 0.25) is 0 Å². The van der Waals surface area contributed by atoms with Gasteiger partial charge in [0.25, 0.3) is 0 Å². The predicted octanol–water partition coefficient (Wildman–Crippen LogP) is 3.36. The molecule has 0 aliphatic heterocycles. The molecular formula is C13H29NO. The number of nitrogens with one attached hydrogen (secondary N) is 1.